The third-order valence-electron chi connectivity index (χ3n) is 6.57. The van der Waals surface area contributed by atoms with Crippen molar-refractivity contribution in [1.29, 1.82) is 0 Å². The Kier molecular flexibility index (Phi) is 7.89. The van der Waals surface area contributed by atoms with Gasteiger partial charge in [-0.25, -0.2) is 0 Å². The molecule has 0 saturated heterocycles. The molecular formula is C17H26ClNO21. The zero-order valence-electron chi connectivity index (χ0n) is 19.1. The maximum Gasteiger partial charge on any atom is 0.352 e. The first kappa shape index (κ1) is 34.8. The first-order chi connectivity index (χ1) is 17.2. The topological polar surface area (TPSA) is 428 Å². The summed E-state index contributed by atoms with van der Waals surface area (Å²) in [7, 11) is 0. The fourth-order valence-electron chi connectivity index (χ4n) is 4.77. The maximum atomic E-state index is 10.9. The third-order valence-corrected chi connectivity index (χ3v) is 6.82. The summed E-state index contributed by atoms with van der Waals surface area (Å²) in [5.74, 6) is -31.8. The van der Waals surface area contributed by atoms with Gasteiger partial charge in [-0.15, -0.1) is 4.90 Å². The minimum atomic E-state index is -5.88. The van der Waals surface area contributed by atoms with Crippen LogP contribution in [0, 0.1) is 0 Å². The summed E-state index contributed by atoms with van der Waals surface area (Å²) in [6.07, 6.45) is -10.7. The summed E-state index contributed by atoms with van der Waals surface area (Å²) in [6.45, 7) is 0. The van der Waals surface area contributed by atoms with Crippen molar-refractivity contribution in [3.63, 3.8) is 0 Å². The van der Waals surface area contributed by atoms with Crippen molar-refractivity contribution in [3.8, 4) is 0 Å². The predicted molar refractivity (Wildman–Crippen MR) is 110 cm³/mol. The van der Waals surface area contributed by atoms with Crippen LogP contribution in [-0.2, 0) is 5.41 Å². The molecule has 1 fully saturated rings. The number of hydrogen-bond acceptors (Lipinski definition) is 22. The van der Waals surface area contributed by atoms with Gasteiger partial charge in [-0.3, -0.25) is 0 Å². The number of rotatable bonds is 9. The van der Waals surface area contributed by atoms with Crippen molar-refractivity contribution in [3.05, 3.63) is 34.9 Å². The Morgan fingerprint density at radius 2 is 0.875 bits per heavy atom. The Morgan fingerprint density at radius 3 is 1.15 bits per heavy atom. The fraction of sp³-hybridized carbons (Fsp3) is 0.647. The summed E-state index contributed by atoms with van der Waals surface area (Å²) in [6, 6.07) is -2.80. The highest BCUT2D eigenvalue weighted by Gasteiger charge is 2.96. The molecular weight excluding hydrogens is 590 g/mol. The molecule has 1 aliphatic carbocycles. The van der Waals surface area contributed by atoms with E-state index in [9.17, 15) is 107 Å². The molecule has 0 amide bonds. The molecule has 0 heterocycles. The number of nitrogens with zero attached hydrogens (tertiary/aromatic N) is 1. The van der Waals surface area contributed by atoms with Crippen molar-refractivity contribution in [2.24, 2.45) is 0 Å². The van der Waals surface area contributed by atoms with Gasteiger partial charge < -0.3 is 107 Å². The van der Waals surface area contributed by atoms with Crippen molar-refractivity contribution in [2.45, 2.75) is 64.3 Å². The molecule has 40 heavy (non-hydrogen) atoms. The molecule has 1 aromatic carbocycles. The molecule has 23 heteroatoms. The standard InChI is InChI=1S/C17H26ClNO21/c18-6-3-1-5(2-4-6)8(11(23,24)13(27,28)12(8,25)26)7(19(16(35,36)37)17(38,39)40)9(20,21)10(22,14(29,30)31)15(32,33)34/h1-4,7,20-40H. The maximum absolute atomic E-state index is 10.9. The molecule has 0 spiro atoms. The van der Waals surface area contributed by atoms with Crippen molar-refractivity contribution in [2.75, 3.05) is 0 Å². The van der Waals surface area contributed by atoms with Crippen molar-refractivity contribution >= 4 is 11.6 Å². The number of aliphatic hydroxyl groups is 21. The molecule has 2 rings (SSSR count). The van der Waals surface area contributed by atoms with Gasteiger partial charge in [-0.05, 0) is 17.7 Å². The summed E-state index contributed by atoms with van der Waals surface area (Å²) >= 11 is 5.65. The molecule has 0 bridgehead atoms. The monoisotopic (exact) mass is 615 g/mol. The zero-order valence-corrected chi connectivity index (χ0v) is 19.9. The molecule has 1 atom stereocenters. The molecule has 1 aliphatic rings. The van der Waals surface area contributed by atoms with Gasteiger partial charge in [0.2, 0.25) is 17.4 Å². The van der Waals surface area contributed by atoms with Gasteiger partial charge in [0.05, 0.1) is 0 Å². The Balaban J connectivity index is 3.39. The first-order valence-corrected chi connectivity index (χ1v) is 10.4. The van der Waals surface area contributed by atoms with Crippen LogP contribution < -0.4 is 0 Å². The summed E-state index contributed by atoms with van der Waals surface area (Å²) in [4.78, 5) is -1.92. The van der Waals surface area contributed by atoms with Gasteiger partial charge in [0.25, 0.3) is 11.4 Å². The van der Waals surface area contributed by atoms with Crippen LogP contribution >= 0.6 is 11.6 Å². The molecule has 0 aromatic heterocycles. The van der Waals surface area contributed by atoms with Gasteiger partial charge in [0, 0.05) is 5.02 Å². The summed E-state index contributed by atoms with van der Waals surface area (Å²) < 4.78 is 0. The highest BCUT2D eigenvalue weighted by Crippen LogP contribution is 2.66. The van der Waals surface area contributed by atoms with E-state index in [1.54, 1.807) is 0 Å². The highest BCUT2D eigenvalue weighted by atomic mass is 35.5. The lowest BCUT2D eigenvalue weighted by Gasteiger charge is -2.72. The minimum absolute atomic E-state index is 0.329. The highest BCUT2D eigenvalue weighted by molar-refractivity contribution is 6.30. The molecule has 22 nitrogen and oxygen atoms in total. The van der Waals surface area contributed by atoms with Gasteiger partial charge in [0.15, 0.2) is 0 Å². The second-order valence-corrected chi connectivity index (χ2v) is 9.45. The van der Waals surface area contributed by atoms with Crippen molar-refractivity contribution < 1.29 is 107 Å². The van der Waals surface area contributed by atoms with Gasteiger partial charge >= 0.3 is 24.1 Å². The van der Waals surface area contributed by atoms with Gasteiger partial charge in [-0.1, -0.05) is 23.7 Å². The second-order valence-electron chi connectivity index (χ2n) is 9.01. The molecule has 1 aromatic rings. The quantitative estimate of drug-likeness (QED) is 0.115. The van der Waals surface area contributed by atoms with Crippen LogP contribution in [0.25, 0.3) is 0 Å². The van der Waals surface area contributed by atoms with Gasteiger partial charge in [0.1, 0.15) is 11.5 Å². The normalized spacial score (nSPS) is 22.2. The average Bonchev–Trinajstić information content (AvgIpc) is 2.69. The number of halogens is 1. The Hall–Kier alpha value is -1.37. The minimum Gasteiger partial charge on any atom is -0.371 e. The van der Waals surface area contributed by atoms with Crippen LogP contribution in [-0.4, -0.2) is 171 Å². The van der Waals surface area contributed by atoms with Crippen LogP contribution in [0.2, 0.25) is 5.02 Å². The van der Waals surface area contributed by atoms with Crippen LogP contribution in [0.3, 0.4) is 0 Å². The SMILES string of the molecule is OC(O)(O)N(C(C(O)(O)C(O)(C(O)(O)O)C(O)(O)O)C1(c2ccc(Cl)cc2)C(O)(O)C(O)(O)C1(O)O)C(O)(O)O. The first-order valence-electron chi connectivity index (χ1n) is 9.99. The second kappa shape index (κ2) is 9.07. The molecule has 1 unspecified atom stereocenters. The van der Waals surface area contributed by atoms with E-state index in [0.29, 0.717) is 24.3 Å². The molecule has 0 aliphatic heterocycles. The van der Waals surface area contributed by atoms with Crippen LogP contribution in [0.15, 0.2) is 24.3 Å². The Morgan fingerprint density at radius 1 is 0.550 bits per heavy atom. The van der Waals surface area contributed by atoms with E-state index < -0.39 is 74.8 Å². The van der Waals surface area contributed by atoms with Gasteiger partial charge in [-0.2, -0.15) is 0 Å². The van der Waals surface area contributed by atoms with Crippen LogP contribution in [0.5, 0.6) is 0 Å². The summed E-state index contributed by atoms with van der Waals surface area (Å²) in [5.41, 5.74) is -12.1. The van der Waals surface area contributed by atoms with E-state index in [-0.39, 0.29) is 5.02 Å². The number of benzene rings is 1. The Bertz CT molecular complexity index is 1050. The third kappa shape index (κ3) is 4.17. The van der Waals surface area contributed by atoms with E-state index in [2.05, 4.69) is 0 Å². The molecule has 0 radical (unpaired) electrons. The van der Waals surface area contributed by atoms with E-state index in [0.717, 1.165) is 0 Å². The largest absolute Gasteiger partial charge is 0.371 e. The molecule has 21 N–H and O–H groups in total. The number of hydrogen-bond donors (Lipinski definition) is 21. The lowest BCUT2D eigenvalue weighted by atomic mass is 9.45. The predicted octanol–water partition coefficient (Wildman–Crippen LogP) is -11.8. The van der Waals surface area contributed by atoms with E-state index in [1.807, 2.05) is 0 Å². The van der Waals surface area contributed by atoms with Crippen LogP contribution in [0.4, 0.5) is 0 Å². The Labute approximate surface area is 223 Å². The molecule has 232 valence electrons. The lowest BCUT2D eigenvalue weighted by Crippen LogP contribution is -3.01. The van der Waals surface area contributed by atoms with Crippen molar-refractivity contribution in [1.82, 2.24) is 4.90 Å². The fourth-order valence-corrected chi connectivity index (χ4v) is 4.89. The molecule has 1 saturated carbocycles. The smallest absolute Gasteiger partial charge is 0.352 e. The van der Waals surface area contributed by atoms with Crippen LogP contribution in [0.1, 0.15) is 5.56 Å². The average molecular weight is 616 g/mol. The van der Waals surface area contributed by atoms with E-state index in [4.69, 9.17) is 11.6 Å². The summed E-state index contributed by atoms with van der Waals surface area (Å²) in [5, 5.41) is 211. The zero-order chi connectivity index (χ0) is 32.1. The van der Waals surface area contributed by atoms with E-state index >= 15 is 0 Å². The lowest BCUT2D eigenvalue weighted by molar-refractivity contribution is -0.616. The van der Waals surface area contributed by atoms with E-state index in [1.165, 1.54) is 0 Å².